The van der Waals surface area contributed by atoms with Gasteiger partial charge < -0.3 is 35.1 Å². The third kappa shape index (κ3) is 8.62. The average molecular weight is 666 g/mol. The van der Waals surface area contributed by atoms with E-state index in [0.717, 1.165) is 31.2 Å². The number of hydrogen-bond donors (Lipinski definition) is 3. The molecule has 0 atom stereocenters. The molecule has 0 bridgehead atoms. The molecule has 256 valence electrons. The van der Waals surface area contributed by atoms with Gasteiger partial charge in [0.15, 0.2) is 29.6 Å². The summed E-state index contributed by atoms with van der Waals surface area (Å²) in [4.78, 5) is 42.7. The number of quaternary nitrogens is 1. The minimum Gasteiger partial charge on any atom is -0.554 e. The molecule has 1 aliphatic rings. The third-order valence-electron chi connectivity index (χ3n) is 8.01. The second-order valence-electron chi connectivity index (χ2n) is 12.5. The van der Waals surface area contributed by atoms with E-state index in [1.165, 1.54) is 25.4 Å². The number of hydrogen-bond acceptors (Lipinski definition) is 8. The molecule has 2 heterocycles. The van der Waals surface area contributed by atoms with E-state index in [1.54, 1.807) is 22.9 Å². The van der Waals surface area contributed by atoms with E-state index in [-0.39, 0.29) is 35.2 Å². The number of methoxy groups -OCH3 is 1. The van der Waals surface area contributed by atoms with Gasteiger partial charge in [0.25, 0.3) is 11.8 Å². The predicted molar refractivity (Wildman–Crippen MR) is 175 cm³/mol. The summed E-state index contributed by atoms with van der Waals surface area (Å²) in [6, 6.07) is 8.50. The van der Waals surface area contributed by atoms with Crippen molar-refractivity contribution in [2.45, 2.75) is 51.1 Å². The Hall–Kier alpha value is -5.11. The molecular formula is C34H41F2N7O5. The highest BCUT2D eigenvalue weighted by Gasteiger charge is 2.26. The molecule has 0 spiro atoms. The fourth-order valence-corrected chi connectivity index (χ4v) is 5.77. The van der Waals surface area contributed by atoms with Crippen molar-refractivity contribution < 1.29 is 37.5 Å². The number of benzene rings is 2. The van der Waals surface area contributed by atoms with Gasteiger partial charge in [-0.1, -0.05) is 6.92 Å². The van der Waals surface area contributed by atoms with Gasteiger partial charge in [0, 0.05) is 47.8 Å². The highest BCUT2D eigenvalue weighted by Crippen LogP contribution is 2.32. The SMILES string of the molecule is CCc1cc(Nc2nccn3c(-c4ccc(OC)c(F)c4F)cnc23)ccc1C(=O)NC1CCC(NC(=O)C[N+](C)(C)C)CC1.O=C[O-]. The Labute approximate surface area is 277 Å². The summed E-state index contributed by atoms with van der Waals surface area (Å²) >= 11 is 0. The average Bonchev–Trinajstić information content (AvgIpc) is 3.47. The number of fused-ring (bicyclic) bond motifs is 1. The van der Waals surface area contributed by atoms with Crippen LogP contribution in [0.15, 0.2) is 48.9 Å². The number of carbonyl (C=O) groups excluding carboxylic acids is 3. The quantitative estimate of drug-likeness (QED) is 0.173. The van der Waals surface area contributed by atoms with Gasteiger partial charge in [-0.2, -0.15) is 4.39 Å². The van der Waals surface area contributed by atoms with E-state index in [4.69, 9.17) is 14.6 Å². The van der Waals surface area contributed by atoms with Crippen LogP contribution < -0.4 is 25.8 Å². The minimum atomic E-state index is -1.07. The van der Waals surface area contributed by atoms with Crippen LogP contribution >= 0.6 is 0 Å². The Kier molecular flexibility index (Phi) is 11.7. The monoisotopic (exact) mass is 665 g/mol. The zero-order chi connectivity index (χ0) is 35.0. The number of aryl methyl sites for hydroxylation is 1. The summed E-state index contributed by atoms with van der Waals surface area (Å²) in [5, 5.41) is 17.8. The Bertz CT molecular complexity index is 1760. The lowest BCUT2D eigenvalue weighted by Gasteiger charge is -2.31. The number of amides is 2. The number of anilines is 2. The van der Waals surface area contributed by atoms with E-state index in [1.807, 2.05) is 40.2 Å². The molecule has 14 heteroatoms. The number of nitrogens with one attached hydrogen (secondary N) is 3. The molecule has 1 fully saturated rings. The maximum absolute atomic E-state index is 14.9. The highest BCUT2D eigenvalue weighted by molar-refractivity contribution is 5.96. The fraction of sp³-hybridized carbons (Fsp3) is 0.382. The molecule has 1 aliphatic carbocycles. The molecular weight excluding hydrogens is 624 g/mol. The first-order valence-electron chi connectivity index (χ1n) is 15.6. The Morgan fingerprint density at radius 2 is 1.71 bits per heavy atom. The molecule has 0 unspecified atom stereocenters. The summed E-state index contributed by atoms with van der Waals surface area (Å²) < 4.78 is 36.4. The number of likely N-dealkylation sites (N-methyl/N-ethyl adjacent to an activating group) is 1. The van der Waals surface area contributed by atoms with Crippen LogP contribution in [0.5, 0.6) is 5.75 Å². The van der Waals surface area contributed by atoms with Crippen LogP contribution in [0.1, 0.15) is 48.5 Å². The van der Waals surface area contributed by atoms with Crippen molar-refractivity contribution in [2.75, 3.05) is 40.1 Å². The molecule has 0 saturated heterocycles. The van der Waals surface area contributed by atoms with Gasteiger partial charge in [0.2, 0.25) is 5.82 Å². The molecule has 0 radical (unpaired) electrons. The molecule has 0 aliphatic heterocycles. The van der Waals surface area contributed by atoms with Gasteiger partial charge in [-0.25, -0.2) is 14.4 Å². The van der Waals surface area contributed by atoms with Gasteiger partial charge >= 0.3 is 0 Å². The molecule has 2 aromatic heterocycles. The lowest BCUT2D eigenvalue weighted by molar-refractivity contribution is -0.862. The second kappa shape index (κ2) is 15.7. The largest absolute Gasteiger partial charge is 0.554 e. The van der Waals surface area contributed by atoms with E-state index in [0.29, 0.717) is 45.9 Å². The smallest absolute Gasteiger partial charge is 0.275 e. The molecule has 2 aromatic carbocycles. The number of carboxylic acid groups (broad SMARTS) is 1. The van der Waals surface area contributed by atoms with Crippen LogP contribution in [-0.2, 0) is 16.0 Å². The van der Waals surface area contributed by atoms with E-state index >= 15 is 0 Å². The normalized spacial score (nSPS) is 16.0. The summed E-state index contributed by atoms with van der Waals surface area (Å²) in [6.07, 6.45) is 8.53. The van der Waals surface area contributed by atoms with Crippen LogP contribution in [0.25, 0.3) is 16.9 Å². The number of imidazole rings is 1. The molecule has 4 aromatic rings. The van der Waals surface area contributed by atoms with Crippen LogP contribution in [0, 0.1) is 11.6 Å². The number of aromatic nitrogens is 3. The van der Waals surface area contributed by atoms with Crippen molar-refractivity contribution in [2.24, 2.45) is 0 Å². The molecule has 1 saturated carbocycles. The summed E-state index contributed by atoms with van der Waals surface area (Å²) in [7, 11) is 7.25. The number of carbonyl (C=O) groups is 3. The highest BCUT2D eigenvalue weighted by atomic mass is 19.2. The van der Waals surface area contributed by atoms with Crippen LogP contribution in [0.4, 0.5) is 20.3 Å². The minimum absolute atomic E-state index is 0.0414. The summed E-state index contributed by atoms with van der Waals surface area (Å²) in [5.41, 5.74) is 3.00. The molecule has 48 heavy (non-hydrogen) atoms. The van der Waals surface area contributed by atoms with Crippen molar-refractivity contribution in [3.63, 3.8) is 0 Å². The fourth-order valence-electron chi connectivity index (χ4n) is 5.77. The van der Waals surface area contributed by atoms with Crippen LogP contribution in [-0.4, -0.2) is 84.0 Å². The van der Waals surface area contributed by atoms with Gasteiger partial charge in [-0.05, 0) is 68.0 Å². The zero-order valence-electron chi connectivity index (χ0n) is 27.7. The Morgan fingerprint density at radius 3 is 2.33 bits per heavy atom. The number of halogens is 2. The van der Waals surface area contributed by atoms with Gasteiger partial charge in [0.1, 0.15) is 0 Å². The predicted octanol–water partition coefficient (Wildman–Crippen LogP) is 3.22. The van der Waals surface area contributed by atoms with Gasteiger partial charge in [0.05, 0.1) is 40.1 Å². The van der Waals surface area contributed by atoms with E-state index in [2.05, 4.69) is 25.9 Å². The van der Waals surface area contributed by atoms with Crippen molar-refractivity contribution in [1.82, 2.24) is 25.0 Å². The van der Waals surface area contributed by atoms with E-state index in [9.17, 15) is 18.4 Å². The number of ether oxygens (including phenoxy) is 1. The first-order chi connectivity index (χ1) is 22.9. The van der Waals surface area contributed by atoms with Crippen molar-refractivity contribution in [3.05, 3.63) is 71.7 Å². The molecule has 2 amide bonds. The first kappa shape index (κ1) is 35.7. The lowest BCUT2D eigenvalue weighted by atomic mass is 9.90. The maximum atomic E-state index is 14.9. The van der Waals surface area contributed by atoms with Crippen molar-refractivity contribution in [3.8, 4) is 17.0 Å². The van der Waals surface area contributed by atoms with Gasteiger partial charge in [-0.3, -0.25) is 14.0 Å². The molecule has 5 rings (SSSR count). The standard InChI is InChI=1S/C33H39F2N7O3.CH2O2/c1-6-20-17-23(11-12-24(20)33(44)40-22-9-7-21(8-10-22)38-28(43)19-42(2,3)4)39-31-32-37-18-26(41(32)16-15-36-31)25-13-14-27(45-5)30(35)29(25)34;2-1-3/h11-18,21-22H,6-10,19H2,1-5H3,(H2-,36,38,39,40,43,44);1H,(H,2,3). The Balaban J connectivity index is 0.00000167. The maximum Gasteiger partial charge on any atom is 0.275 e. The first-order valence-corrected chi connectivity index (χ1v) is 15.6. The molecule has 12 nitrogen and oxygen atoms in total. The zero-order valence-corrected chi connectivity index (χ0v) is 27.7. The van der Waals surface area contributed by atoms with Crippen LogP contribution in [0.2, 0.25) is 0 Å². The summed E-state index contributed by atoms with van der Waals surface area (Å²) in [6.45, 7) is 1.92. The third-order valence-corrected chi connectivity index (χ3v) is 8.01. The van der Waals surface area contributed by atoms with Crippen LogP contribution in [0.3, 0.4) is 0 Å². The van der Waals surface area contributed by atoms with E-state index < -0.39 is 18.1 Å². The summed E-state index contributed by atoms with van der Waals surface area (Å²) in [5.74, 6) is -1.93. The number of rotatable bonds is 10. The van der Waals surface area contributed by atoms with Gasteiger partial charge in [-0.15, -0.1) is 0 Å². The molecule has 3 N–H and O–H groups in total. The lowest BCUT2D eigenvalue weighted by Crippen LogP contribution is -2.49. The topological polar surface area (TPSA) is 150 Å². The van der Waals surface area contributed by atoms with Crippen molar-refractivity contribution in [1.29, 1.82) is 0 Å². The Morgan fingerprint density at radius 1 is 1.04 bits per heavy atom. The number of nitrogens with zero attached hydrogens (tertiary/aromatic N) is 4. The second-order valence-corrected chi connectivity index (χ2v) is 12.5. The van der Waals surface area contributed by atoms with Crippen molar-refractivity contribution >= 4 is 35.4 Å².